The first kappa shape index (κ1) is 14.8. The van der Waals surface area contributed by atoms with E-state index in [0.717, 1.165) is 10.2 Å². The summed E-state index contributed by atoms with van der Waals surface area (Å²) in [5.41, 5.74) is 0.748. The van der Waals surface area contributed by atoms with E-state index < -0.39 is 0 Å². The molecule has 0 atom stereocenters. The minimum atomic E-state index is -0.131. The Kier molecular flexibility index (Phi) is 5.35. The number of halogens is 1. The summed E-state index contributed by atoms with van der Waals surface area (Å²) in [7, 11) is 0. The molecule has 0 aromatic heterocycles. The molecule has 2 rings (SSSR count). The highest BCUT2D eigenvalue weighted by atomic mass is 79.9. The fourth-order valence-corrected chi connectivity index (χ4v) is 1.89. The van der Waals surface area contributed by atoms with Crippen LogP contribution in [0.2, 0.25) is 0 Å². The molecule has 1 aliphatic rings. The quantitative estimate of drug-likeness (QED) is 0.785. The Labute approximate surface area is 126 Å². The molecule has 5 heteroatoms. The Balaban J connectivity index is 1.64. The summed E-state index contributed by atoms with van der Waals surface area (Å²) >= 11 is 3.33. The van der Waals surface area contributed by atoms with Crippen LogP contribution < -0.4 is 10.6 Å². The third kappa shape index (κ3) is 5.57. The molecule has 1 saturated carbocycles. The Hall–Kier alpha value is -1.62. The van der Waals surface area contributed by atoms with E-state index in [1.807, 2.05) is 30.3 Å². The van der Waals surface area contributed by atoms with Gasteiger partial charge in [0, 0.05) is 23.1 Å². The molecule has 0 bridgehead atoms. The second kappa shape index (κ2) is 7.24. The molecule has 0 heterocycles. The van der Waals surface area contributed by atoms with E-state index in [0.29, 0.717) is 12.5 Å². The molecule has 1 fully saturated rings. The summed E-state index contributed by atoms with van der Waals surface area (Å²) in [5, 5.41) is 5.47. The maximum absolute atomic E-state index is 11.7. The number of carbonyl (C=O) groups excluding carboxylic acids is 2. The van der Waals surface area contributed by atoms with Gasteiger partial charge in [0.2, 0.25) is 11.8 Å². The first-order valence-corrected chi connectivity index (χ1v) is 7.44. The first-order valence-electron chi connectivity index (χ1n) is 6.65. The van der Waals surface area contributed by atoms with Crippen molar-refractivity contribution in [2.45, 2.75) is 19.3 Å². The molecule has 0 radical (unpaired) electrons. The summed E-state index contributed by atoms with van der Waals surface area (Å²) in [6.45, 7) is 0.343. The van der Waals surface area contributed by atoms with E-state index >= 15 is 0 Å². The minimum absolute atomic E-state index is 0.112. The fourth-order valence-electron chi connectivity index (χ4n) is 1.63. The van der Waals surface area contributed by atoms with Gasteiger partial charge >= 0.3 is 0 Å². The van der Waals surface area contributed by atoms with Gasteiger partial charge < -0.3 is 10.6 Å². The van der Waals surface area contributed by atoms with Crippen LogP contribution in [0.4, 0.5) is 5.69 Å². The lowest BCUT2D eigenvalue weighted by atomic mass is 10.3. The molecule has 0 unspecified atom stereocenters. The van der Waals surface area contributed by atoms with Crippen molar-refractivity contribution in [1.29, 1.82) is 0 Å². The van der Waals surface area contributed by atoms with Crippen LogP contribution in [0.15, 0.2) is 40.9 Å². The van der Waals surface area contributed by atoms with Gasteiger partial charge in [-0.3, -0.25) is 9.59 Å². The molecule has 1 aromatic rings. The molecular formula is C15H17BrN2O2. The zero-order chi connectivity index (χ0) is 14.4. The van der Waals surface area contributed by atoms with Gasteiger partial charge in [-0.2, -0.15) is 0 Å². The van der Waals surface area contributed by atoms with Gasteiger partial charge in [0.05, 0.1) is 0 Å². The summed E-state index contributed by atoms with van der Waals surface area (Å²) in [4.78, 5) is 23.1. The molecule has 4 nitrogen and oxygen atoms in total. The number of allylic oxidation sites excluding steroid dienone is 1. The summed E-state index contributed by atoms with van der Waals surface area (Å²) in [5.74, 6) is 0.341. The lowest BCUT2D eigenvalue weighted by Gasteiger charge is -2.05. The SMILES string of the molecule is O=C(/C=C\C1CC1)NCCC(=O)Nc1ccc(Br)cc1. The van der Waals surface area contributed by atoms with Crippen molar-refractivity contribution in [3.63, 3.8) is 0 Å². The number of amides is 2. The Morgan fingerprint density at radius 3 is 2.60 bits per heavy atom. The standard InChI is InChI=1S/C15H17BrN2O2/c16-12-4-6-13(7-5-12)18-15(20)9-10-17-14(19)8-3-11-1-2-11/h3-8,11H,1-2,9-10H2,(H,17,19)(H,18,20)/b8-3-. The van der Waals surface area contributed by atoms with Crippen LogP contribution in [0.25, 0.3) is 0 Å². The van der Waals surface area contributed by atoms with Crippen molar-refractivity contribution < 1.29 is 9.59 Å². The van der Waals surface area contributed by atoms with Gasteiger partial charge in [-0.1, -0.05) is 22.0 Å². The van der Waals surface area contributed by atoms with Gasteiger partial charge in [-0.05, 0) is 49.1 Å². The van der Waals surface area contributed by atoms with Crippen molar-refractivity contribution in [3.05, 3.63) is 40.9 Å². The molecule has 106 valence electrons. The number of hydrogen-bond donors (Lipinski definition) is 2. The Morgan fingerprint density at radius 2 is 1.95 bits per heavy atom. The second-order valence-corrected chi connectivity index (χ2v) is 5.71. The maximum Gasteiger partial charge on any atom is 0.243 e. The second-order valence-electron chi connectivity index (χ2n) is 4.79. The van der Waals surface area contributed by atoms with Gasteiger partial charge in [0.1, 0.15) is 0 Å². The average Bonchev–Trinajstić information content (AvgIpc) is 3.23. The minimum Gasteiger partial charge on any atom is -0.352 e. The molecule has 20 heavy (non-hydrogen) atoms. The number of carbonyl (C=O) groups is 2. The third-order valence-electron chi connectivity index (χ3n) is 2.92. The number of anilines is 1. The summed E-state index contributed by atoms with van der Waals surface area (Å²) in [6, 6.07) is 7.36. The molecule has 0 spiro atoms. The van der Waals surface area contributed by atoms with Crippen molar-refractivity contribution in [2.75, 3.05) is 11.9 Å². The van der Waals surface area contributed by atoms with Crippen molar-refractivity contribution in [2.24, 2.45) is 5.92 Å². The van der Waals surface area contributed by atoms with Crippen LogP contribution in [0.1, 0.15) is 19.3 Å². The van der Waals surface area contributed by atoms with Gasteiger partial charge in [0.15, 0.2) is 0 Å². The number of benzene rings is 1. The van der Waals surface area contributed by atoms with E-state index in [1.54, 1.807) is 6.08 Å². The largest absolute Gasteiger partial charge is 0.352 e. The summed E-state index contributed by atoms with van der Waals surface area (Å²) in [6.07, 6.45) is 6.11. The average molecular weight is 337 g/mol. The molecule has 1 aliphatic carbocycles. The molecule has 2 N–H and O–H groups in total. The highest BCUT2D eigenvalue weighted by Crippen LogP contribution is 2.29. The zero-order valence-electron chi connectivity index (χ0n) is 11.1. The highest BCUT2D eigenvalue weighted by Gasteiger charge is 2.17. The van der Waals surface area contributed by atoms with Crippen molar-refractivity contribution >= 4 is 33.4 Å². The number of nitrogens with one attached hydrogen (secondary N) is 2. The molecule has 0 aliphatic heterocycles. The van der Waals surface area contributed by atoms with E-state index in [1.165, 1.54) is 12.8 Å². The van der Waals surface area contributed by atoms with Crippen molar-refractivity contribution in [3.8, 4) is 0 Å². The van der Waals surface area contributed by atoms with E-state index in [9.17, 15) is 9.59 Å². The molecule has 1 aromatic carbocycles. The predicted octanol–water partition coefficient (Wildman–Crippen LogP) is 2.86. The van der Waals surface area contributed by atoms with Crippen LogP contribution in [0.3, 0.4) is 0 Å². The molecular weight excluding hydrogens is 320 g/mol. The van der Waals surface area contributed by atoms with Gasteiger partial charge in [-0.15, -0.1) is 0 Å². The number of rotatable bonds is 6. The molecule has 0 saturated heterocycles. The van der Waals surface area contributed by atoms with Crippen LogP contribution in [-0.4, -0.2) is 18.4 Å². The zero-order valence-corrected chi connectivity index (χ0v) is 12.7. The lowest BCUT2D eigenvalue weighted by molar-refractivity contribution is -0.117. The van der Waals surface area contributed by atoms with Crippen LogP contribution in [0, 0.1) is 5.92 Å². The van der Waals surface area contributed by atoms with Crippen LogP contribution in [-0.2, 0) is 9.59 Å². The van der Waals surface area contributed by atoms with Gasteiger partial charge in [-0.25, -0.2) is 0 Å². The molecule has 2 amide bonds. The fraction of sp³-hybridized carbons (Fsp3) is 0.333. The normalized spacial score (nSPS) is 14.2. The number of hydrogen-bond acceptors (Lipinski definition) is 2. The maximum atomic E-state index is 11.7. The van der Waals surface area contributed by atoms with Crippen molar-refractivity contribution in [1.82, 2.24) is 5.32 Å². The van der Waals surface area contributed by atoms with E-state index in [-0.39, 0.29) is 18.2 Å². The smallest absolute Gasteiger partial charge is 0.243 e. The monoisotopic (exact) mass is 336 g/mol. The Morgan fingerprint density at radius 1 is 1.25 bits per heavy atom. The van der Waals surface area contributed by atoms with E-state index in [4.69, 9.17) is 0 Å². The van der Waals surface area contributed by atoms with Gasteiger partial charge in [0.25, 0.3) is 0 Å². The topological polar surface area (TPSA) is 58.2 Å². The third-order valence-corrected chi connectivity index (χ3v) is 3.45. The first-order chi connectivity index (χ1) is 9.63. The summed E-state index contributed by atoms with van der Waals surface area (Å²) < 4.78 is 0.963. The van der Waals surface area contributed by atoms with Crippen LogP contribution >= 0.6 is 15.9 Å². The van der Waals surface area contributed by atoms with E-state index in [2.05, 4.69) is 26.6 Å². The predicted molar refractivity (Wildman–Crippen MR) is 82.3 cm³/mol. The Bertz CT molecular complexity index is 507. The lowest BCUT2D eigenvalue weighted by Crippen LogP contribution is -2.26. The highest BCUT2D eigenvalue weighted by molar-refractivity contribution is 9.10. The van der Waals surface area contributed by atoms with Crippen LogP contribution in [0.5, 0.6) is 0 Å².